The van der Waals surface area contributed by atoms with Crippen LogP contribution < -0.4 is 10.6 Å². The van der Waals surface area contributed by atoms with Gasteiger partial charge >= 0.3 is 0 Å². The van der Waals surface area contributed by atoms with Crippen LogP contribution in [0.15, 0.2) is 6.07 Å². The number of aromatic nitrogens is 1. The molecule has 0 bridgehead atoms. The topological polar surface area (TPSA) is 60.6 Å². The summed E-state index contributed by atoms with van der Waals surface area (Å²) in [6.45, 7) is 7.97. The molecule has 1 unspecified atom stereocenters. The van der Waals surface area contributed by atoms with Crippen LogP contribution in [0.2, 0.25) is 0 Å². The quantitative estimate of drug-likeness (QED) is 0.739. The number of anilines is 1. The molecule has 0 aliphatic rings. The smallest absolute Gasteiger partial charge is 0.107 e. The summed E-state index contributed by atoms with van der Waals surface area (Å²) >= 11 is 5.21. The summed E-state index contributed by atoms with van der Waals surface area (Å²) in [5.41, 5.74) is 9.52. The molecule has 118 valence electrons. The molecule has 1 heterocycles. The fraction of sp³-hybridized carbons (Fsp3) is 0.600. The number of hydrogen-bond acceptors (Lipinski definition) is 5. The van der Waals surface area contributed by atoms with Gasteiger partial charge in [0, 0.05) is 38.2 Å². The lowest BCUT2D eigenvalue weighted by atomic mass is 10.1. The highest BCUT2D eigenvalue weighted by Crippen LogP contribution is 2.26. The molecule has 0 fully saturated rings. The zero-order valence-electron chi connectivity index (χ0n) is 13.5. The maximum atomic E-state index is 5.91. The first-order valence-electron chi connectivity index (χ1n) is 6.94. The lowest BCUT2D eigenvalue weighted by Crippen LogP contribution is -2.40. The fourth-order valence-corrected chi connectivity index (χ4v) is 2.69. The Hall–Kier alpha value is -1.24. The van der Waals surface area contributed by atoms with Crippen molar-refractivity contribution in [3.8, 4) is 0 Å². The van der Waals surface area contributed by atoms with E-state index in [1.165, 1.54) is 0 Å². The molecule has 0 spiro atoms. The molecule has 6 heteroatoms. The van der Waals surface area contributed by atoms with Gasteiger partial charge < -0.3 is 20.1 Å². The molecule has 0 aliphatic carbocycles. The van der Waals surface area contributed by atoms with E-state index in [2.05, 4.69) is 16.8 Å². The van der Waals surface area contributed by atoms with Crippen molar-refractivity contribution in [1.29, 1.82) is 0 Å². The SMILES string of the molecule is COCCN(c1cc(C)nc(C)c1C(N)=S)C(C)COC. The Morgan fingerprint density at radius 1 is 1.38 bits per heavy atom. The Labute approximate surface area is 132 Å². The van der Waals surface area contributed by atoms with Crippen LogP contribution in [0.1, 0.15) is 23.9 Å². The molecule has 1 aromatic heterocycles. The van der Waals surface area contributed by atoms with Crippen LogP contribution >= 0.6 is 12.2 Å². The third kappa shape index (κ3) is 4.62. The maximum absolute atomic E-state index is 5.91. The molecule has 1 rings (SSSR count). The maximum Gasteiger partial charge on any atom is 0.107 e. The average Bonchev–Trinajstić information content (AvgIpc) is 2.38. The van der Waals surface area contributed by atoms with Crippen molar-refractivity contribution in [3.63, 3.8) is 0 Å². The van der Waals surface area contributed by atoms with E-state index < -0.39 is 0 Å². The highest BCUT2D eigenvalue weighted by atomic mass is 32.1. The molecular weight excluding hydrogens is 286 g/mol. The molecule has 2 N–H and O–H groups in total. The molecule has 0 amide bonds. The first-order chi connectivity index (χ1) is 9.92. The van der Waals surface area contributed by atoms with Crippen molar-refractivity contribution in [3.05, 3.63) is 23.0 Å². The molecule has 0 aromatic carbocycles. The summed E-state index contributed by atoms with van der Waals surface area (Å²) in [7, 11) is 3.39. The van der Waals surface area contributed by atoms with Gasteiger partial charge in [-0.15, -0.1) is 0 Å². The summed E-state index contributed by atoms with van der Waals surface area (Å²) < 4.78 is 10.5. The number of ether oxygens (including phenoxy) is 2. The molecule has 21 heavy (non-hydrogen) atoms. The van der Waals surface area contributed by atoms with E-state index in [1.54, 1.807) is 14.2 Å². The fourth-order valence-electron chi connectivity index (χ4n) is 2.44. The van der Waals surface area contributed by atoms with Crippen molar-refractivity contribution >= 4 is 22.9 Å². The van der Waals surface area contributed by atoms with Crippen molar-refractivity contribution in [1.82, 2.24) is 4.98 Å². The van der Waals surface area contributed by atoms with Gasteiger partial charge in [0.15, 0.2) is 0 Å². The monoisotopic (exact) mass is 311 g/mol. The second-order valence-corrected chi connectivity index (χ2v) is 5.54. The second-order valence-electron chi connectivity index (χ2n) is 5.10. The second kappa shape index (κ2) is 8.26. The average molecular weight is 311 g/mol. The number of thiocarbonyl (C=S) groups is 1. The zero-order valence-corrected chi connectivity index (χ0v) is 14.3. The van der Waals surface area contributed by atoms with Crippen LogP contribution in [0.5, 0.6) is 0 Å². The van der Waals surface area contributed by atoms with Crippen molar-refractivity contribution in [2.75, 3.05) is 38.9 Å². The van der Waals surface area contributed by atoms with E-state index in [9.17, 15) is 0 Å². The highest BCUT2D eigenvalue weighted by molar-refractivity contribution is 7.80. The van der Waals surface area contributed by atoms with Crippen molar-refractivity contribution in [2.45, 2.75) is 26.8 Å². The zero-order chi connectivity index (χ0) is 16.0. The minimum absolute atomic E-state index is 0.180. The number of nitrogens with zero attached hydrogens (tertiary/aromatic N) is 2. The molecular formula is C15H25N3O2S. The highest BCUT2D eigenvalue weighted by Gasteiger charge is 2.21. The van der Waals surface area contributed by atoms with Gasteiger partial charge in [0.2, 0.25) is 0 Å². The van der Waals surface area contributed by atoms with Crippen LogP contribution in [0, 0.1) is 13.8 Å². The van der Waals surface area contributed by atoms with Gasteiger partial charge in [0.25, 0.3) is 0 Å². The molecule has 0 radical (unpaired) electrons. The molecule has 5 nitrogen and oxygen atoms in total. The standard InChI is InChI=1S/C15H25N3O2S/c1-10-8-13(14(15(16)21)12(3)17-10)18(6-7-19-4)11(2)9-20-5/h8,11H,6-7,9H2,1-5H3,(H2,16,21). The largest absolute Gasteiger partial charge is 0.389 e. The Balaban J connectivity index is 3.30. The molecule has 0 saturated carbocycles. The number of nitrogens with two attached hydrogens (primary N) is 1. The van der Waals surface area contributed by atoms with Gasteiger partial charge in [-0.1, -0.05) is 12.2 Å². The van der Waals surface area contributed by atoms with Gasteiger partial charge in [-0.3, -0.25) is 4.98 Å². The van der Waals surface area contributed by atoms with E-state index in [-0.39, 0.29) is 6.04 Å². The van der Waals surface area contributed by atoms with Gasteiger partial charge in [-0.2, -0.15) is 0 Å². The Bertz CT molecular complexity index is 494. The van der Waals surface area contributed by atoms with E-state index in [0.29, 0.717) is 18.2 Å². The van der Waals surface area contributed by atoms with Crippen LogP contribution in [0.25, 0.3) is 0 Å². The van der Waals surface area contributed by atoms with Crippen molar-refractivity contribution < 1.29 is 9.47 Å². The number of rotatable bonds is 8. The van der Waals surface area contributed by atoms with Crippen LogP contribution in [0.4, 0.5) is 5.69 Å². The predicted octanol–water partition coefficient (Wildman–Crippen LogP) is 1.82. The van der Waals surface area contributed by atoms with E-state index in [1.807, 2.05) is 19.9 Å². The minimum atomic E-state index is 0.180. The first-order valence-corrected chi connectivity index (χ1v) is 7.35. The summed E-state index contributed by atoms with van der Waals surface area (Å²) in [5, 5.41) is 0. The molecule has 1 atom stereocenters. The molecule has 0 saturated heterocycles. The third-order valence-electron chi connectivity index (χ3n) is 3.34. The summed E-state index contributed by atoms with van der Waals surface area (Å²) in [5.74, 6) is 0. The van der Waals surface area contributed by atoms with Gasteiger partial charge in [-0.25, -0.2) is 0 Å². The van der Waals surface area contributed by atoms with Crippen molar-refractivity contribution in [2.24, 2.45) is 5.73 Å². The van der Waals surface area contributed by atoms with Crippen LogP contribution in [-0.2, 0) is 9.47 Å². The first kappa shape index (κ1) is 17.8. The Morgan fingerprint density at radius 2 is 2.05 bits per heavy atom. The van der Waals surface area contributed by atoms with Gasteiger partial charge in [0.1, 0.15) is 4.99 Å². The third-order valence-corrected chi connectivity index (χ3v) is 3.54. The number of methoxy groups -OCH3 is 2. The van der Waals surface area contributed by atoms with E-state index >= 15 is 0 Å². The minimum Gasteiger partial charge on any atom is -0.389 e. The number of pyridine rings is 1. The lowest BCUT2D eigenvalue weighted by molar-refractivity contribution is 0.171. The summed E-state index contributed by atoms with van der Waals surface area (Å²) in [6.07, 6.45) is 0. The Kier molecular flexibility index (Phi) is 7.01. The number of aryl methyl sites for hydroxylation is 2. The molecule has 1 aromatic rings. The Morgan fingerprint density at radius 3 is 2.57 bits per heavy atom. The van der Waals surface area contributed by atoms with E-state index in [0.717, 1.165) is 29.2 Å². The number of hydrogen-bond donors (Lipinski definition) is 1. The molecule has 0 aliphatic heterocycles. The van der Waals surface area contributed by atoms with Crippen LogP contribution in [-0.4, -0.2) is 50.0 Å². The lowest BCUT2D eigenvalue weighted by Gasteiger charge is -2.33. The van der Waals surface area contributed by atoms with E-state index in [4.69, 9.17) is 27.4 Å². The normalized spacial score (nSPS) is 12.2. The summed E-state index contributed by atoms with van der Waals surface area (Å²) in [6, 6.07) is 2.20. The van der Waals surface area contributed by atoms with Crippen LogP contribution in [0.3, 0.4) is 0 Å². The van der Waals surface area contributed by atoms with Gasteiger partial charge in [0.05, 0.1) is 24.5 Å². The van der Waals surface area contributed by atoms with Gasteiger partial charge in [-0.05, 0) is 26.8 Å². The summed E-state index contributed by atoms with van der Waals surface area (Å²) in [4.78, 5) is 7.04. The predicted molar refractivity (Wildman–Crippen MR) is 90.2 cm³/mol.